The summed E-state index contributed by atoms with van der Waals surface area (Å²) in [4.78, 5) is 25.2. The molecule has 0 radical (unpaired) electrons. The van der Waals surface area contributed by atoms with Gasteiger partial charge in [0.05, 0.1) is 5.92 Å². The third-order valence-corrected chi connectivity index (χ3v) is 4.69. The first-order chi connectivity index (χ1) is 10.5. The highest BCUT2D eigenvalue weighted by Gasteiger charge is 2.32. The fourth-order valence-electron chi connectivity index (χ4n) is 3.54. The second-order valence-corrected chi connectivity index (χ2v) is 6.92. The smallest absolute Gasteiger partial charge is 0.317 e. The molecule has 0 saturated carbocycles. The highest BCUT2D eigenvalue weighted by atomic mass is 16.5. The van der Waals surface area contributed by atoms with Gasteiger partial charge in [-0.15, -0.1) is 0 Å². The third-order valence-electron chi connectivity index (χ3n) is 4.69. The summed E-state index contributed by atoms with van der Waals surface area (Å²) >= 11 is 0. The number of carboxylic acids is 1. The Kier molecular flexibility index (Phi) is 6.06. The number of piperidine rings is 1. The minimum absolute atomic E-state index is 0.108. The Bertz CT molecular complexity index is 396. The predicted octanol–water partition coefficient (Wildman–Crippen LogP) is 1.94. The van der Waals surface area contributed by atoms with Gasteiger partial charge in [0.1, 0.15) is 0 Å². The van der Waals surface area contributed by atoms with Crippen molar-refractivity contribution in [2.45, 2.75) is 45.6 Å². The van der Waals surface area contributed by atoms with Crippen LogP contribution in [0.15, 0.2) is 0 Å². The number of hydrogen-bond donors (Lipinski definition) is 2. The van der Waals surface area contributed by atoms with Crippen molar-refractivity contribution in [1.29, 1.82) is 0 Å². The van der Waals surface area contributed by atoms with Gasteiger partial charge in [-0.05, 0) is 44.4 Å². The largest absolute Gasteiger partial charge is 0.481 e. The van der Waals surface area contributed by atoms with Crippen LogP contribution >= 0.6 is 0 Å². The fourth-order valence-corrected chi connectivity index (χ4v) is 3.54. The van der Waals surface area contributed by atoms with E-state index in [-0.39, 0.29) is 18.0 Å². The number of likely N-dealkylation sites (tertiary alicyclic amines) is 1. The maximum Gasteiger partial charge on any atom is 0.317 e. The molecule has 2 rings (SSSR count). The van der Waals surface area contributed by atoms with Crippen LogP contribution in [0.1, 0.15) is 39.5 Å². The van der Waals surface area contributed by atoms with Crippen LogP contribution in [0.25, 0.3) is 0 Å². The molecule has 126 valence electrons. The minimum atomic E-state index is -0.806. The minimum Gasteiger partial charge on any atom is -0.481 e. The number of carbonyl (C=O) groups is 2. The lowest BCUT2D eigenvalue weighted by Crippen LogP contribution is -2.51. The zero-order chi connectivity index (χ0) is 16.1. The van der Waals surface area contributed by atoms with Gasteiger partial charge in [0.15, 0.2) is 0 Å². The number of aliphatic carboxylic acids is 1. The van der Waals surface area contributed by atoms with Crippen molar-refractivity contribution in [2.75, 3.05) is 26.3 Å². The summed E-state index contributed by atoms with van der Waals surface area (Å²) in [7, 11) is 0. The number of urea groups is 1. The molecule has 2 amide bonds. The molecule has 0 aromatic rings. The number of carbonyl (C=O) groups excluding carboxylic acids is 1. The monoisotopic (exact) mass is 312 g/mol. The number of rotatable bonds is 4. The third kappa shape index (κ3) is 4.87. The van der Waals surface area contributed by atoms with Gasteiger partial charge in [0.2, 0.25) is 0 Å². The van der Waals surface area contributed by atoms with E-state index in [0.717, 1.165) is 32.5 Å². The van der Waals surface area contributed by atoms with Crippen molar-refractivity contribution in [3.8, 4) is 0 Å². The number of nitrogens with one attached hydrogen (secondary N) is 1. The van der Waals surface area contributed by atoms with Crippen LogP contribution < -0.4 is 5.32 Å². The molecule has 2 N–H and O–H groups in total. The molecule has 0 aliphatic carbocycles. The molecule has 2 aliphatic rings. The maximum absolute atomic E-state index is 12.4. The first kappa shape index (κ1) is 17.1. The van der Waals surface area contributed by atoms with E-state index in [1.165, 1.54) is 0 Å². The first-order valence-corrected chi connectivity index (χ1v) is 8.31. The normalized spacial score (nSPS) is 28.2. The number of ether oxygens (including phenoxy) is 1. The summed E-state index contributed by atoms with van der Waals surface area (Å²) in [6, 6.07) is -0.0199. The zero-order valence-corrected chi connectivity index (χ0v) is 13.6. The Hall–Kier alpha value is -1.30. The van der Waals surface area contributed by atoms with Crippen molar-refractivity contribution in [1.82, 2.24) is 10.2 Å². The number of carboxylic acid groups (broad SMARTS) is 1. The number of hydrogen-bond acceptors (Lipinski definition) is 3. The van der Waals surface area contributed by atoms with Crippen molar-refractivity contribution in [2.24, 2.45) is 17.8 Å². The molecule has 6 heteroatoms. The highest BCUT2D eigenvalue weighted by Crippen LogP contribution is 2.23. The van der Waals surface area contributed by atoms with E-state index in [9.17, 15) is 14.7 Å². The molecule has 2 aliphatic heterocycles. The van der Waals surface area contributed by atoms with Gasteiger partial charge in [-0.2, -0.15) is 0 Å². The highest BCUT2D eigenvalue weighted by molar-refractivity contribution is 5.76. The van der Waals surface area contributed by atoms with Crippen LogP contribution in [0.2, 0.25) is 0 Å². The van der Waals surface area contributed by atoms with E-state index < -0.39 is 11.9 Å². The lowest BCUT2D eigenvalue weighted by molar-refractivity contribution is -0.143. The molecule has 6 nitrogen and oxygen atoms in total. The van der Waals surface area contributed by atoms with Crippen molar-refractivity contribution in [3.63, 3.8) is 0 Å². The molecule has 22 heavy (non-hydrogen) atoms. The van der Waals surface area contributed by atoms with E-state index in [4.69, 9.17) is 4.74 Å². The van der Waals surface area contributed by atoms with Crippen LogP contribution in [-0.4, -0.2) is 54.4 Å². The molecule has 3 unspecified atom stereocenters. The Balaban J connectivity index is 1.81. The van der Waals surface area contributed by atoms with E-state index in [1.54, 1.807) is 4.90 Å². The van der Waals surface area contributed by atoms with E-state index >= 15 is 0 Å². The molecule has 0 aromatic heterocycles. The van der Waals surface area contributed by atoms with Crippen LogP contribution in [-0.2, 0) is 9.53 Å². The van der Waals surface area contributed by atoms with Crippen LogP contribution in [0, 0.1) is 17.8 Å². The second-order valence-electron chi connectivity index (χ2n) is 6.92. The summed E-state index contributed by atoms with van der Waals surface area (Å²) in [5.41, 5.74) is 0. The summed E-state index contributed by atoms with van der Waals surface area (Å²) in [5, 5.41) is 12.2. The lowest BCUT2D eigenvalue weighted by Gasteiger charge is -2.35. The summed E-state index contributed by atoms with van der Waals surface area (Å²) in [6.07, 6.45) is 3.72. The zero-order valence-electron chi connectivity index (χ0n) is 13.6. The van der Waals surface area contributed by atoms with Gasteiger partial charge < -0.3 is 20.1 Å². The van der Waals surface area contributed by atoms with Gasteiger partial charge in [-0.25, -0.2) is 4.79 Å². The van der Waals surface area contributed by atoms with Crippen LogP contribution in [0.3, 0.4) is 0 Å². The maximum atomic E-state index is 12.4. The van der Waals surface area contributed by atoms with Gasteiger partial charge in [0, 0.05) is 32.3 Å². The number of nitrogens with zero attached hydrogens (tertiary/aromatic N) is 1. The van der Waals surface area contributed by atoms with Gasteiger partial charge >= 0.3 is 12.0 Å². The molecular formula is C16H28N2O4. The van der Waals surface area contributed by atoms with Crippen molar-refractivity contribution >= 4 is 12.0 Å². The molecule has 2 saturated heterocycles. The number of amides is 2. The first-order valence-electron chi connectivity index (χ1n) is 8.31. The second kappa shape index (κ2) is 7.81. The Morgan fingerprint density at radius 2 is 2.00 bits per heavy atom. The van der Waals surface area contributed by atoms with Gasteiger partial charge in [-0.1, -0.05) is 6.92 Å². The van der Waals surface area contributed by atoms with E-state index in [1.807, 2.05) is 13.8 Å². The quantitative estimate of drug-likeness (QED) is 0.831. The van der Waals surface area contributed by atoms with Crippen molar-refractivity contribution < 1.29 is 19.4 Å². The van der Waals surface area contributed by atoms with Crippen LogP contribution in [0.5, 0.6) is 0 Å². The summed E-state index contributed by atoms with van der Waals surface area (Å²) < 4.78 is 5.35. The molecule has 0 aromatic carbocycles. The molecule has 3 atom stereocenters. The molecular weight excluding hydrogens is 284 g/mol. The standard InChI is InChI=1S/C16H28N2O4/c1-11-7-14(15(19)20)10-18(9-11)16(21)17-12(2)8-13-3-5-22-6-4-13/h11-14H,3-10H2,1-2H3,(H,17,21)(H,19,20). The average Bonchev–Trinajstić information content (AvgIpc) is 2.47. The predicted molar refractivity (Wildman–Crippen MR) is 82.6 cm³/mol. The molecule has 2 heterocycles. The molecule has 2 fully saturated rings. The Labute approximate surface area is 132 Å². The average molecular weight is 312 g/mol. The SMILES string of the molecule is CC1CC(C(=O)O)CN(C(=O)NC(C)CC2CCOCC2)C1. The Morgan fingerprint density at radius 3 is 2.64 bits per heavy atom. The topological polar surface area (TPSA) is 78.9 Å². The fraction of sp³-hybridized carbons (Fsp3) is 0.875. The lowest BCUT2D eigenvalue weighted by atomic mass is 9.90. The summed E-state index contributed by atoms with van der Waals surface area (Å²) in [6.45, 7) is 6.61. The van der Waals surface area contributed by atoms with Crippen LogP contribution in [0.4, 0.5) is 4.79 Å². The van der Waals surface area contributed by atoms with Gasteiger partial charge in [0.25, 0.3) is 0 Å². The van der Waals surface area contributed by atoms with Crippen molar-refractivity contribution in [3.05, 3.63) is 0 Å². The Morgan fingerprint density at radius 1 is 1.32 bits per heavy atom. The molecule has 0 spiro atoms. The van der Waals surface area contributed by atoms with E-state index in [2.05, 4.69) is 5.32 Å². The van der Waals surface area contributed by atoms with Gasteiger partial charge in [-0.3, -0.25) is 4.79 Å². The van der Waals surface area contributed by atoms with E-state index in [0.29, 0.717) is 25.4 Å². The summed E-state index contributed by atoms with van der Waals surface area (Å²) in [5.74, 6) is -0.414. The molecule has 0 bridgehead atoms.